The summed E-state index contributed by atoms with van der Waals surface area (Å²) in [6, 6.07) is 0. The summed E-state index contributed by atoms with van der Waals surface area (Å²) >= 11 is 1.74. The van der Waals surface area contributed by atoms with Crippen LogP contribution in [0.25, 0.3) is 11.0 Å². The van der Waals surface area contributed by atoms with Gasteiger partial charge in [-0.05, 0) is 25.7 Å². The van der Waals surface area contributed by atoms with Gasteiger partial charge in [-0.2, -0.15) is 0 Å². The summed E-state index contributed by atoms with van der Waals surface area (Å²) in [6.45, 7) is 4.59. The lowest BCUT2D eigenvalue weighted by molar-refractivity contribution is 0.545. The first-order valence-corrected chi connectivity index (χ1v) is 16.5. The van der Waals surface area contributed by atoms with Crippen LogP contribution in [0.5, 0.6) is 0 Å². The first-order valence-electron chi connectivity index (χ1n) is 15.6. The second kappa shape index (κ2) is 21.2. The fourth-order valence-electron chi connectivity index (χ4n) is 5.18. The Bertz CT molecular complexity index is 678. The van der Waals surface area contributed by atoms with Crippen molar-refractivity contribution in [3.63, 3.8) is 0 Å². The van der Waals surface area contributed by atoms with Gasteiger partial charge in [-0.1, -0.05) is 142 Å². The minimum atomic E-state index is 1.11. The first kappa shape index (κ1) is 30.3. The van der Waals surface area contributed by atoms with Crippen molar-refractivity contribution < 1.29 is 0 Å². The standard InChI is InChI=1S/C32H56N2S/c1-3-5-7-9-11-13-15-17-19-21-23-25-29-30(34-32-28-35-27-31(32)33-29)26-24-22-20-18-16-14-12-10-8-6-4-2/h27-28H,3-26H2,1-2H3. The average molecular weight is 501 g/mol. The molecule has 0 saturated heterocycles. The molecule has 0 amide bonds. The third-order valence-corrected chi connectivity index (χ3v) is 8.22. The highest BCUT2D eigenvalue weighted by atomic mass is 32.1. The zero-order valence-electron chi connectivity index (χ0n) is 23.4. The number of thiophene rings is 1. The van der Waals surface area contributed by atoms with Gasteiger partial charge in [0.25, 0.3) is 0 Å². The van der Waals surface area contributed by atoms with Crippen LogP contribution in [0.2, 0.25) is 0 Å². The molecule has 2 rings (SSSR count). The molecule has 2 aromatic heterocycles. The minimum Gasteiger partial charge on any atom is -0.248 e. The highest BCUT2D eigenvalue weighted by molar-refractivity contribution is 7.09. The minimum absolute atomic E-state index is 1.11. The molecule has 2 heterocycles. The van der Waals surface area contributed by atoms with Crippen molar-refractivity contribution in [3.05, 3.63) is 22.1 Å². The van der Waals surface area contributed by atoms with Crippen molar-refractivity contribution in [3.8, 4) is 0 Å². The number of rotatable bonds is 24. The summed E-state index contributed by atoms with van der Waals surface area (Å²) < 4.78 is 0. The Morgan fingerprint density at radius 2 is 0.714 bits per heavy atom. The van der Waals surface area contributed by atoms with E-state index in [1.165, 1.54) is 153 Å². The normalized spacial score (nSPS) is 11.6. The maximum Gasteiger partial charge on any atom is 0.0997 e. The third kappa shape index (κ3) is 14.4. The van der Waals surface area contributed by atoms with Crippen molar-refractivity contribution in [2.75, 3.05) is 0 Å². The summed E-state index contributed by atoms with van der Waals surface area (Å²) in [7, 11) is 0. The molecule has 0 radical (unpaired) electrons. The molecule has 0 fully saturated rings. The van der Waals surface area contributed by atoms with Crippen LogP contribution in [0, 0.1) is 0 Å². The highest BCUT2D eigenvalue weighted by Gasteiger charge is 2.10. The number of aryl methyl sites for hydroxylation is 2. The van der Waals surface area contributed by atoms with Gasteiger partial charge in [0.05, 0.1) is 22.4 Å². The molecule has 0 atom stereocenters. The number of nitrogens with zero attached hydrogens (tertiary/aromatic N) is 2. The van der Waals surface area contributed by atoms with Crippen LogP contribution >= 0.6 is 11.3 Å². The molecule has 0 aliphatic heterocycles. The highest BCUT2D eigenvalue weighted by Crippen LogP contribution is 2.21. The van der Waals surface area contributed by atoms with Crippen molar-refractivity contribution in [2.24, 2.45) is 0 Å². The lowest BCUT2D eigenvalue weighted by atomic mass is 10.0. The van der Waals surface area contributed by atoms with Crippen molar-refractivity contribution in [2.45, 2.75) is 168 Å². The Labute approximate surface area is 222 Å². The molecule has 0 unspecified atom stereocenters. The van der Waals surface area contributed by atoms with E-state index >= 15 is 0 Å². The molecular weight excluding hydrogens is 444 g/mol. The summed E-state index contributed by atoms with van der Waals surface area (Å²) in [4.78, 5) is 10.1. The van der Waals surface area contributed by atoms with Crippen molar-refractivity contribution in [1.29, 1.82) is 0 Å². The van der Waals surface area contributed by atoms with E-state index in [2.05, 4.69) is 24.6 Å². The van der Waals surface area contributed by atoms with Crippen molar-refractivity contribution >= 4 is 22.4 Å². The molecule has 0 aliphatic rings. The second-order valence-corrected chi connectivity index (χ2v) is 11.6. The zero-order chi connectivity index (χ0) is 24.8. The molecule has 3 heteroatoms. The number of hydrogen-bond donors (Lipinski definition) is 0. The Hall–Kier alpha value is -0.960. The van der Waals surface area contributed by atoms with Gasteiger partial charge >= 0.3 is 0 Å². The molecule has 0 aromatic carbocycles. The molecule has 0 saturated carbocycles. The molecule has 0 N–H and O–H groups in total. The smallest absolute Gasteiger partial charge is 0.0997 e. The summed E-state index contributed by atoms with van der Waals surface area (Å²) in [5, 5.41) is 4.33. The summed E-state index contributed by atoms with van der Waals surface area (Å²) in [6.07, 6.45) is 33.0. The van der Waals surface area contributed by atoms with Gasteiger partial charge in [0, 0.05) is 10.8 Å². The van der Waals surface area contributed by atoms with Crippen LogP contribution in [-0.4, -0.2) is 9.97 Å². The first-order chi connectivity index (χ1) is 17.3. The van der Waals surface area contributed by atoms with Gasteiger partial charge in [0.1, 0.15) is 0 Å². The second-order valence-electron chi connectivity index (χ2n) is 10.8. The molecule has 0 aliphatic carbocycles. The van der Waals surface area contributed by atoms with Gasteiger partial charge in [0.15, 0.2) is 0 Å². The van der Waals surface area contributed by atoms with Crippen molar-refractivity contribution in [1.82, 2.24) is 9.97 Å². The van der Waals surface area contributed by atoms with Gasteiger partial charge in [0.2, 0.25) is 0 Å². The van der Waals surface area contributed by atoms with E-state index < -0.39 is 0 Å². The number of fused-ring (bicyclic) bond motifs is 1. The Kier molecular flexibility index (Phi) is 18.3. The predicted octanol–water partition coefficient (Wildman–Crippen LogP) is 11.4. The molecule has 35 heavy (non-hydrogen) atoms. The maximum atomic E-state index is 5.04. The van der Waals surface area contributed by atoms with E-state index in [1.807, 2.05) is 0 Å². The fourth-order valence-corrected chi connectivity index (χ4v) is 5.86. The van der Waals surface area contributed by atoms with E-state index in [0.29, 0.717) is 0 Å². The van der Waals surface area contributed by atoms with Crippen LogP contribution in [0.4, 0.5) is 0 Å². The van der Waals surface area contributed by atoms with E-state index in [9.17, 15) is 0 Å². The number of hydrogen-bond acceptors (Lipinski definition) is 3. The number of aromatic nitrogens is 2. The molecule has 2 nitrogen and oxygen atoms in total. The van der Waals surface area contributed by atoms with Crippen LogP contribution < -0.4 is 0 Å². The lowest BCUT2D eigenvalue weighted by Crippen LogP contribution is -2.02. The maximum absolute atomic E-state index is 5.04. The fraction of sp³-hybridized carbons (Fsp3) is 0.812. The average Bonchev–Trinajstić information content (AvgIpc) is 3.33. The van der Waals surface area contributed by atoms with Gasteiger partial charge in [-0.3, -0.25) is 0 Å². The van der Waals surface area contributed by atoms with Crippen LogP contribution in [0.1, 0.15) is 166 Å². The molecular formula is C32H56N2S. The van der Waals surface area contributed by atoms with E-state index in [-0.39, 0.29) is 0 Å². The lowest BCUT2D eigenvalue weighted by Gasteiger charge is -2.09. The van der Waals surface area contributed by atoms with Gasteiger partial charge in [-0.25, -0.2) is 9.97 Å². The van der Waals surface area contributed by atoms with E-state index in [0.717, 1.165) is 23.9 Å². The predicted molar refractivity (Wildman–Crippen MR) is 158 cm³/mol. The zero-order valence-corrected chi connectivity index (χ0v) is 24.2. The molecule has 2 aromatic rings. The van der Waals surface area contributed by atoms with Crippen LogP contribution in [0.15, 0.2) is 10.8 Å². The summed E-state index contributed by atoms with van der Waals surface area (Å²) in [5.41, 5.74) is 4.80. The monoisotopic (exact) mass is 500 g/mol. The Balaban J connectivity index is 1.58. The third-order valence-electron chi connectivity index (χ3n) is 7.50. The largest absolute Gasteiger partial charge is 0.248 e. The topological polar surface area (TPSA) is 25.8 Å². The van der Waals surface area contributed by atoms with Crippen LogP contribution in [-0.2, 0) is 12.8 Å². The Morgan fingerprint density at radius 3 is 1.03 bits per heavy atom. The number of unbranched alkanes of at least 4 members (excludes halogenated alkanes) is 20. The van der Waals surface area contributed by atoms with Gasteiger partial charge in [-0.15, -0.1) is 11.3 Å². The van der Waals surface area contributed by atoms with E-state index in [4.69, 9.17) is 9.97 Å². The quantitative estimate of drug-likeness (QED) is 0.134. The molecule has 0 bridgehead atoms. The van der Waals surface area contributed by atoms with E-state index in [1.54, 1.807) is 11.3 Å². The van der Waals surface area contributed by atoms with Gasteiger partial charge < -0.3 is 0 Å². The summed E-state index contributed by atoms with van der Waals surface area (Å²) in [5.74, 6) is 0. The van der Waals surface area contributed by atoms with Crippen LogP contribution in [0.3, 0.4) is 0 Å². The Morgan fingerprint density at radius 1 is 0.429 bits per heavy atom. The SMILES string of the molecule is CCCCCCCCCCCCCc1nc2cscc2nc1CCCCCCCCCCCCC. The molecule has 200 valence electrons. The molecule has 0 spiro atoms.